The Labute approximate surface area is 306 Å². The summed E-state index contributed by atoms with van der Waals surface area (Å²) in [6.07, 6.45) is 15.8. The Kier molecular flexibility index (Phi) is 22.3. The Hall–Kier alpha value is -1.61. The molecule has 6 heteroatoms. The van der Waals surface area contributed by atoms with Crippen molar-refractivity contribution in [3.8, 4) is 11.5 Å². The minimum Gasteiger partial charge on any atom is -0.487 e. The third kappa shape index (κ3) is 16.1. The number of esters is 2. The van der Waals surface area contributed by atoms with E-state index in [0.717, 1.165) is 65.0 Å². The summed E-state index contributed by atoms with van der Waals surface area (Å²) in [6.45, 7) is 29.7. The van der Waals surface area contributed by atoms with Crippen molar-refractivity contribution in [2.75, 3.05) is 0 Å². The number of benzene rings is 1. The van der Waals surface area contributed by atoms with Gasteiger partial charge in [-0.1, -0.05) is 99.8 Å². The SMILES string of the molecule is CCC.CCC(C)(CCC(=O)Oc1c(C)c(C)c2c(c1C)CC[C@@](C)(CCC[C@H](C)CCC[C@@H](C)CCCC(C)C)O2)C(=O)OC(C)C.P. The number of rotatable bonds is 19. The number of carbonyl (C=O) groups excluding carboxylic acids is 2. The second kappa shape index (κ2) is 23.1. The molecular weight excluding hydrogens is 627 g/mol. The standard InChI is InChI=1S/C40H68O5.C3H8.H3P/c1-13-39(11,38(42)43-28(4)5)25-23-35(41)44-36-31(8)32(9)37-34(33(36)10)22-26-40(12,45-37)24-16-21-30(7)20-15-19-29(6)18-14-17-27(2)3;1-3-2;/h27-30H,13-26H2,1-12H3;3H2,1-2H3;1H3/t29-,30+,39?,40+;;/m0../s1. The summed E-state index contributed by atoms with van der Waals surface area (Å²) >= 11 is 0. The van der Waals surface area contributed by atoms with Gasteiger partial charge in [0, 0.05) is 12.0 Å². The molecule has 2 unspecified atom stereocenters. The van der Waals surface area contributed by atoms with Crippen LogP contribution in [-0.4, -0.2) is 23.6 Å². The fourth-order valence-electron chi connectivity index (χ4n) is 6.74. The highest BCUT2D eigenvalue weighted by molar-refractivity contribution is 6.92. The van der Waals surface area contributed by atoms with Gasteiger partial charge in [0.15, 0.2) is 0 Å². The van der Waals surface area contributed by atoms with E-state index in [1.54, 1.807) is 0 Å². The van der Waals surface area contributed by atoms with Gasteiger partial charge >= 0.3 is 11.9 Å². The zero-order valence-electron chi connectivity index (χ0n) is 34.7. The van der Waals surface area contributed by atoms with Gasteiger partial charge in [0.1, 0.15) is 17.1 Å². The fraction of sp³-hybridized carbons (Fsp3) is 0.814. The molecular formula is C43H79O5P. The molecule has 0 spiro atoms. The minimum atomic E-state index is -0.708. The topological polar surface area (TPSA) is 61.8 Å². The van der Waals surface area contributed by atoms with E-state index in [-0.39, 0.29) is 40.0 Å². The number of fused-ring (bicyclic) bond motifs is 1. The van der Waals surface area contributed by atoms with Crippen molar-refractivity contribution < 1.29 is 23.8 Å². The number of hydrogen-bond donors (Lipinski definition) is 0. The molecule has 1 aromatic carbocycles. The first kappa shape index (κ1) is 47.4. The minimum absolute atomic E-state index is 0. The maximum atomic E-state index is 13.0. The molecule has 0 amide bonds. The van der Waals surface area contributed by atoms with Crippen LogP contribution in [0.1, 0.15) is 188 Å². The average molecular weight is 707 g/mol. The Balaban J connectivity index is 0.00000554. The maximum Gasteiger partial charge on any atom is 0.312 e. The molecule has 5 nitrogen and oxygen atoms in total. The molecule has 0 saturated heterocycles. The quantitative estimate of drug-likeness (QED) is 0.0814. The summed E-state index contributed by atoms with van der Waals surface area (Å²) in [7, 11) is 0. The molecule has 286 valence electrons. The summed E-state index contributed by atoms with van der Waals surface area (Å²) in [5.41, 5.74) is 3.28. The highest BCUT2D eigenvalue weighted by Crippen LogP contribution is 2.45. The third-order valence-corrected chi connectivity index (χ3v) is 10.6. The Morgan fingerprint density at radius 2 is 1.37 bits per heavy atom. The van der Waals surface area contributed by atoms with Gasteiger partial charge in [0.05, 0.1) is 11.5 Å². The molecule has 0 fully saturated rings. The van der Waals surface area contributed by atoms with Crippen molar-refractivity contribution in [3.05, 3.63) is 22.3 Å². The molecule has 1 heterocycles. The highest BCUT2D eigenvalue weighted by atomic mass is 31.0. The monoisotopic (exact) mass is 707 g/mol. The van der Waals surface area contributed by atoms with Gasteiger partial charge in [0.25, 0.3) is 0 Å². The first-order valence-electron chi connectivity index (χ1n) is 19.7. The third-order valence-electron chi connectivity index (χ3n) is 10.6. The van der Waals surface area contributed by atoms with Crippen LogP contribution in [0.15, 0.2) is 0 Å². The number of carbonyl (C=O) groups is 2. The average Bonchev–Trinajstić information content (AvgIpc) is 3.00. The Morgan fingerprint density at radius 3 is 1.88 bits per heavy atom. The lowest BCUT2D eigenvalue weighted by atomic mass is 9.82. The molecule has 0 aromatic heterocycles. The molecule has 0 N–H and O–H groups in total. The zero-order chi connectivity index (χ0) is 36.7. The maximum absolute atomic E-state index is 13.0. The van der Waals surface area contributed by atoms with E-state index in [1.807, 2.05) is 41.5 Å². The molecule has 49 heavy (non-hydrogen) atoms. The van der Waals surface area contributed by atoms with Crippen LogP contribution in [0.25, 0.3) is 0 Å². The van der Waals surface area contributed by atoms with Gasteiger partial charge in [-0.15, -0.1) is 0 Å². The molecule has 2 rings (SSSR count). The van der Waals surface area contributed by atoms with Crippen LogP contribution in [0.5, 0.6) is 11.5 Å². The predicted molar refractivity (Wildman–Crippen MR) is 214 cm³/mol. The number of ether oxygens (including phenoxy) is 3. The predicted octanol–water partition coefficient (Wildman–Crippen LogP) is 12.7. The van der Waals surface area contributed by atoms with Crippen molar-refractivity contribution in [1.29, 1.82) is 0 Å². The van der Waals surface area contributed by atoms with Crippen molar-refractivity contribution in [2.45, 2.75) is 205 Å². The summed E-state index contributed by atoms with van der Waals surface area (Å²) in [5, 5.41) is 0. The lowest BCUT2D eigenvalue weighted by Crippen LogP contribution is -2.37. The van der Waals surface area contributed by atoms with Gasteiger partial charge in [-0.05, 0) is 121 Å². The Morgan fingerprint density at radius 1 is 0.837 bits per heavy atom. The summed E-state index contributed by atoms with van der Waals surface area (Å²) in [4.78, 5) is 25.7. The van der Waals surface area contributed by atoms with E-state index >= 15 is 0 Å². The molecule has 1 aliphatic heterocycles. The van der Waals surface area contributed by atoms with Crippen LogP contribution in [0.2, 0.25) is 0 Å². The molecule has 1 aromatic rings. The first-order chi connectivity index (χ1) is 22.4. The van der Waals surface area contributed by atoms with E-state index in [4.69, 9.17) is 14.2 Å². The van der Waals surface area contributed by atoms with Crippen molar-refractivity contribution in [2.24, 2.45) is 23.2 Å². The fourth-order valence-corrected chi connectivity index (χ4v) is 6.74. The Bertz CT molecular complexity index is 1130. The second-order valence-corrected chi connectivity index (χ2v) is 16.5. The van der Waals surface area contributed by atoms with Crippen LogP contribution >= 0.6 is 9.90 Å². The van der Waals surface area contributed by atoms with Crippen molar-refractivity contribution >= 4 is 21.8 Å². The van der Waals surface area contributed by atoms with Crippen LogP contribution in [0, 0.1) is 43.9 Å². The lowest BCUT2D eigenvalue weighted by Gasteiger charge is -2.38. The van der Waals surface area contributed by atoms with Crippen LogP contribution in [0.3, 0.4) is 0 Å². The van der Waals surface area contributed by atoms with Crippen molar-refractivity contribution in [3.63, 3.8) is 0 Å². The summed E-state index contributed by atoms with van der Waals surface area (Å²) in [5.74, 6) is 3.49. The van der Waals surface area contributed by atoms with E-state index in [2.05, 4.69) is 55.4 Å². The molecule has 0 radical (unpaired) electrons. The van der Waals surface area contributed by atoms with E-state index < -0.39 is 5.41 Å². The van der Waals surface area contributed by atoms with Crippen LogP contribution < -0.4 is 9.47 Å². The molecule has 0 bridgehead atoms. The summed E-state index contributed by atoms with van der Waals surface area (Å²) < 4.78 is 18.2. The lowest BCUT2D eigenvalue weighted by molar-refractivity contribution is -0.160. The molecule has 1 aliphatic rings. The van der Waals surface area contributed by atoms with Gasteiger partial charge < -0.3 is 14.2 Å². The largest absolute Gasteiger partial charge is 0.487 e. The van der Waals surface area contributed by atoms with E-state index in [9.17, 15) is 9.59 Å². The van der Waals surface area contributed by atoms with Gasteiger partial charge in [-0.25, -0.2) is 0 Å². The molecule has 0 aliphatic carbocycles. The van der Waals surface area contributed by atoms with Crippen LogP contribution in [0.4, 0.5) is 0 Å². The molecule has 5 atom stereocenters. The van der Waals surface area contributed by atoms with Crippen molar-refractivity contribution in [1.82, 2.24) is 0 Å². The number of hydrogen-bond acceptors (Lipinski definition) is 5. The van der Waals surface area contributed by atoms with E-state index in [0.29, 0.717) is 18.6 Å². The van der Waals surface area contributed by atoms with Gasteiger partial charge in [0.2, 0.25) is 0 Å². The summed E-state index contributed by atoms with van der Waals surface area (Å²) in [6, 6.07) is 0. The molecule has 0 saturated carbocycles. The smallest absolute Gasteiger partial charge is 0.312 e. The first-order valence-corrected chi connectivity index (χ1v) is 19.7. The van der Waals surface area contributed by atoms with Crippen LogP contribution in [-0.2, 0) is 20.7 Å². The second-order valence-electron chi connectivity index (χ2n) is 16.5. The van der Waals surface area contributed by atoms with E-state index in [1.165, 1.54) is 57.8 Å². The normalized spacial score (nSPS) is 17.9. The van der Waals surface area contributed by atoms with Gasteiger partial charge in [-0.3, -0.25) is 9.59 Å². The van der Waals surface area contributed by atoms with Gasteiger partial charge in [-0.2, -0.15) is 9.90 Å². The zero-order valence-corrected chi connectivity index (χ0v) is 36.1. The highest BCUT2D eigenvalue weighted by Gasteiger charge is 2.36.